The van der Waals surface area contributed by atoms with E-state index < -0.39 is 12.7 Å². The quantitative estimate of drug-likeness (QED) is 0.193. The first kappa shape index (κ1) is 25.6. The van der Waals surface area contributed by atoms with Gasteiger partial charge in [0.2, 0.25) is 0 Å². The smallest absolute Gasteiger partial charge is 0.305 e. The molecule has 0 aliphatic rings. The van der Waals surface area contributed by atoms with Crippen LogP contribution >= 0.6 is 0 Å². The molecule has 0 rings (SSSR count). The molecule has 27 heavy (non-hydrogen) atoms. The number of aliphatic hydroxyl groups is 2. The van der Waals surface area contributed by atoms with E-state index in [2.05, 4.69) is 43.4 Å². The van der Waals surface area contributed by atoms with Crippen LogP contribution in [-0.2, 0) is 9.53 Å². The lowest BCUT2D eigenvalue weighted by Crippen LogP contribution is -2.21. The molecular formula is C23H40O4. The number of esters is 1. The average Bonchev–Trinajstić information content (AvgIpc) is 2.68. The summed E-state index contributed by atoms with van der Waals surface area (Å²) in [5.41, 5.74) is 0. The zero-order valence-corrected chi connectivity index (χ0v) is 17.2. The van der Waals surface area contributed by atoms with E-state index in [0.29, 0.717) is 6.42 Å². The molecule has 0 saturated heterocycles. The molecule has 0 aliphatic heterocycles. The Morgan fingerprint density at radius 1 is 0.852 bits per heavy atom. The predicted octanol–water partition coefficient (Wildman–Crippen LogP) is 5.25. The van der Waals surface area contributed by atoms with Crippen molar-refractivity contribution in [2.45, 2.75) is 90.1 Å². The average molecular weight is 381 g/mol. The number of carbonyl (C=O) groups excluding carboxylic acids is 1. The van der Waals surface area contributed by atoms with E-state index in [1.807, 2.05) is 0 Å². The van der Waals surface area contributed by atoms with Crippen LogP contribution in [0, 0.1) is 0 Å². The van der Waals surface area contributed by atoms with Crippen molar-refractivity contribution >= 4 is 5.97 Å². The van der Waals surface area contributed by atoms with Crippen molar-refractivity contribution in [2.75, 3.05) is 13.2 Å². The summed E-state index contributed by atoms with van der Waals surface area (Å²) in [6.07, 6.45) is 25.2. The zero-order chi connectivity index (χ0) is 20.0. The monoisotopic (exact) mass is 380 g/mol. The minimum atomic E-state index is -0.981. The Bertz CT molecular complexity index is 413. The van der Waals surface area contributed by atoms with E-state index in [4.69, 9.17) is 14.9 Å². The summed E-state index contributed by atoms with van der Waals surface area (Å²) in [7, 11) is 0. The molecule has 4 nitrogen and oxygen atoms in total. The first-order valence-electron chi connectivity index (χ1n) is 10.6. The van der Waals surface area contributed by atoms with Crippen LogP contribution in [0.3, 0.4) is 0 Å². The number of ether oxygens (including phenoxy) is 1. The molecule has 0 aliphatic carbocycles. The Kier molecular flexibility index (Phi) is 19.8. The number of hydrogen-bond donors (Lipinski definition) is 2. The Labute approximate surface area is 166 Å². The highest BCUT2D eigenvalue weighted by Gasteiger charge is 2.06. The first-order valence-corrected chi connectivity index (χ1v) is 10.6. The fourth-order valence-corrected chi connectivity index (χ4v) is 2.50. The molecule has 0 saturated carbocycles. The molecule has 4 heteroatoms. The summed E-state index contributed by atoms with van der Waals surface area (Å²) >= 11 is 0. The van der Waals surface area contributed by atoms with Gasteiger partial charge in [-0.2, -0.15) is 0 Å². The van der Waals surface area contributed by atoms with Gasteiger partial charge in [0, 0.05) is 6.42 Å². The Morgan fingerprint density at radius 2 is 1.41 bits per heavy atom. The van der Waals surface area contributed by atoms with Gasteiger partial charge in [-0.1, -0.05) is 75.5 Å². The van der Waals surface area contributed by atoms with Crippen LogP contribution in [0.1, 0.15) is 84.0 Å². The molecule has 0 unspecified atom stereocenters. The SMILES string of the molecule is CCCCCCCC/C=C\C/C=C\C/C=C\CCCC(=O)OC[C@@H](O)CO. The van der Waals surface area contributed by atoms with Gasteiger partial charge in [-0.25, -0.2) is 0 Å². The second-order valence-electron chi connectivity index (χ2n) is 6.85. The number of carbonyl (C=O) groups is 1. The maximum atomic E-state index is 11.4. The van der Waals surface area contributed by atoms with Crippen molar-refractivity contribution in [3.8, 4) is 0 Å². The van der Waals surface area contributed by atoms with Crippen LogP contribution in [0.25, 0.3) is 0 Å². The summed E-state index contributed by atoms with van der Waals surface area (Å²) in [6.45, 7) is 1.72. The topological polar surface area (TPSA) is 66.8 Å². The molecule has 0 aromatic carbocycles. The maximum Gasteiger partial charge on any atom is 0.305 e. The molecule has 0 heterocycles. The van der Waals surface area contributed by atoms with Gasteiger partial charge in [-0.15, -0.1) is 0 Å². The zero-order valence-electron chi connectivity index (χ0n) is 17.2. The Morgan fingerprint density at radius 3 is 2.04 bits per heavy atom. The van der Waals surface area contributed by atoms with Gasteiger partial charge < -0.3 is 14.9 Å². The highest BCUT2D eigenvalue weighted by molar-refractivity contribution is 5.69. The van der Waals surface area contributed by atoms with E-state index in [9.17, 15) is 4.79 Å². The third-order valence-corrected chi connectivity index (χ3v) is 4.17. The fraction of sp³-hybridized carbons (Fsp3) is 0.696. The van der Waals surface area contributed by atoms with Crippen LogP contribution in [0.2, 0.25) is 0 Å². The molecule has 0 spiro atoms. The number of hydrogen-bond acceptors (Lipinski definition) is 4. The summed E-state index contributed by atoms with van der Waals surface area (Å²) in [4.78, 5) is 11.4. The lowest BCUT2D eigenvalue weighted by Gasteiger charge is -2.07. The molecule has 0 radical (unpaired) electrons. The third-order valence-electron chi connectivity index (χ3n) is 4.17. The van der Waals surface area contributed by atoms with Crippen LogP contribution in [0.5, 0.6) is 0 Å². The van der Waals surface area contributed by atoms with Gasteiger partial charge >= 0.3 is 5.97 Å². The van der Waals surface area contributed by atoms with Crippen molar-refractivity contribution in [3.05, 3.63) is 36.5 Å². The summed E-state index contributed by atoms with van der Waals surface area (Å²) < 4.78 is 4.83. The largest absolute Gasteiger partial charge is 0.463 e. The molecule has 0 fully saturated rings. The second kappa shape index (κ2) is 20.9. The normalized spacial score (nSPS) is 13.1. The number of aliphatic hydroxyl groups excluding tert-OH is 2. The van der Waals surface area contributed by atoms with E-state index in [0.717, 1.165) is 25.7 Å². The molecule has 156 valence electrons. The molecule has 0 aromatic rings. The van der Waals surface area contributed by atoms with Crippen LogP contribution in [0.15, 0.2) is 36.5 Å². The highest BCUT2D eigenvalue weighted by Crippen LogP contribution is 2.07. The predicted molar refractivity (Wildman–Crippen MR) is 113 cm³/mol. The summed E-state index contributed by atoms with van der Waals surface area (Å²) in [5, 5.41) is 17.7. The maximum absolute atomic E-state index is 11.4. The molecular weight excluding hydrogens is 340 g/mol. The second-order valence-corrected chi connectivity index (χ2v) is 6.85. The highest BCUT2D eigenvalue weighted by atomic mass is 16.5. The lowest BCUT2D eigenvalue weighted by molar-refractivity contribution is -0.147. The van der Waals surface area contributed by atoms with Crippen LogP contribution in [0.4, 0.5) is 0 Å². The standard InChI is InChI=1S/C23H40O4/c1-2-3-4-5-6-7-8-9-10-11-12-13-14-15-16-17-18-19-23(26)27-21-22(25)20-24/h9-10,12-13,15-16,22,24-25H,2-8,11,14,17-21H2,1H3/b10-9-,13-12-,16-15-/t22-/m0/s1. The van der Waals surface area contributed by atoms with Gasteiger partial charge in [0.05, 0.1) is 6.61 Å². The van der Waals surface area contributed by atoms with Crippen LogP contribution < -0.4 is 0 Å². The van der Waals surface area contributed by atoms with Crippen molar-refractivity contribution in [3.63, 3.8) is 0 Å². The minimum absolute atomic E-state index is 0.136. The van der Waals surface area contributed by atoms with E-state index >= 15 is 0 Å². The third kappa shape index (κ3) is 20.8. The summed E-state index contributed by atoms with van der Waals surface area (Å²) in [5.74, 6) is -0.330. The number of rotatable bonds is 18. The molecule has 0 amide bonds. The van der Waals surface area contributed by atoms with Crippen molar-refractivity contribution < 1.29 is 19.7 Å². The minimum Gasteiger partial charge on any atom is -0.463 e. The van der Waals surface area contributed by atoms with E-state index in [-0.39, 0.29) is 12.6 Å². The summed E-state index contributed by atoms with van der Waals surface area (Å²) in [6, 6.07) is 0. The molecule has 0 aromatic heterocycles. The van der Waals surface area contributed by atoms with Gasteiger partial charge in [0.1, 0.15) is 12.7 Å². The first-order chi connectivity index (χ1) is 13.2. The fourth-order valence-electron chi connectivity index (χ4n) is 2.50. The van der Waals surface area contributed by atoms with E-state index in [1.54, 1.807) is 0 Å². The van der Waals surface area contributed by atoms with Gasteiger partial charge in [-0.3, -0.25) is 4.79 Å². The Balaban J connectivity index is 3.42. The molecule has 1 atom stereocenters. The number of unbranched alkanes of at least 4 members (excludes halogenated alkanes) is 7. The van der Waals surface area contributed by atoms with Crippen molar-refractivity contribution in [2.24, 2.45) is 0 Å². The molecule has 2 N–H and O–H groups in total. The van der Waals surface area contributed by atoms with Crippen molar-refractivity contribution in [1.82, 2.24) is 0 Å². The van der Waals surface area contributed by atoms with Gasteiger partial charge in [-0.05, 0) is 38.5 Å². The number of allylic oxidation sites excluding steroid dienone is 6. The lowest BCUT2D eigenvalue weighted by atomic mass is 10.1. The Hall–Kier alpha value is -1.39. The van der Waals surface area contributed by atoms with Crippen LogP contribution in [-0.4, -0.2) is 35.5 Å². The molecule has 0 bridgehead atoms. The van der Waals surface area contributed by atoms with E-state index in [1.165, 1.54) is 44.9 Å². The van der Waals surface area contributed by atoms with Gasteiger partial charge in [0.15, 0.2) is 0 Å². The van der Waals surface area contributed by atoms with Crippen molar-refractivity contribution in [1.29, 1.82) is 0 Å². The van der Waals surface area contributed by atoms with Gasteiger partial charge in [0.25, 0.3) is 0 Å².